The van der Waals surface area contributed by atoms with Gasteiger partial charge in [-0.1, -0.05) is 23.2 Å². The Balaban J connectivity index is 0.000001000. The summed E-state index contributed by atoms with van der Waals surface area (Å²) in [6.07, 6.45) is 0.627. The molecule has 1 radical (unpaired) electrons. The molecule has 1 heterocycles. The molecule has 0 aromatic heterocycles. The fourth-order valence-corrected chi connectivity index (χ4v) is 3.29. The second-order valence-corrected chi connectivity index (χ2v) is 6.29. The van der Waals surface area contributed by atoms with E-state index < -0.39 is 10.8 Å². The van der Waals surface area contributed by atoms with E-state index in [2.05, 4.69) is 0 Å². The first-order chi connectivity index (χ1) is 8.29. The molecule has 2 fully saturated rings. The zero-order chi connectivity index (χ0) is 13.3. The minimum atomic E-state index is -0.557. The van der Waals surface area contributed by atoms with Crippen molar-refractivity contribution in [2.24, 2.45) is 10.8 Å². The van der Waals surface area contributed by atoms with E-state index in [4.69, 9.17) is 23.2 Å². The van der Waals surface area contributed by atoms with Crippen LogP contribution in [0.1, 0.15) is 20.3 Å². The molecule has 2 atom stereocenters. The maximum absolute atomic E-state index is 12.3. The Morgan fingerprint density at radius 3 is 1.80 bits per heavy atom. The molecule has 107 valence electrons. The summed E-state index contributed by atoms with van der Waals surface area (Å²) in [5, 5.41) is 0.822. The number of rotatable bonds is 1. The SMILES string of the molecule is CC12CC1(C)C(=O)N(c1cc(Cl)cc(Cl)c1)C2=O.[CH3-].[V]. The normalized spacial score (nSPS) is 30.5. The van der Waals surface area contributed by atoms with E-state index in [9.17, 15) is 9.59 Å². The summed E-state index contributed by atoms with van der Waals surface area (Å²) in [5.74, 6) is -0.318. The fraction of sp³-hybridized carbons (Fsp3) is 0.357. The third-order valence-electron chi connectivity index (χ3n) is 4.26. The van der Waals surface area contributed by atoms with E-state index >= 15 is 0 Å². The van der Waals surface area contributed by atoms with Crippen molar-refractivity contribution in [2.45, 2.75) is 20.3 Å². The van der Waals surface area contributed by atoms with Crippen LogP contribution in [0.5, 0.6) is 0 Å². The van der Waals surface area contributed by atoms with E-state index in [1.54, 1.807) is 18.2 Å². The Bertz CT molecular complexity index is 561. The first-order valence-electron chi connectivity index (χ1n) is 5.65. The standard InChI is InChI=1S/C13H11Cl2NO2.CH3.V/c1-12-6-13(12,2)11(18)16(10(12)17)9-4-7(14)3-8(15)5-9;;/h3-5H,6H2,1-2H3;1H3;/q;-1;. The van der Waals surface area contributed by atoms with Crippen LogP contribution in [0, 0.1) is 18.3 Å². The zero-order valence-corrected chi connectivity index (χ0v) is 14.3. The molecule has 1 aliphatic carbocycles. The maximum Gasteiger partial charge on any atom is 0.240 e. The summed E-state index contributed by atoms with van der Waals surface area (Å²) in [5.41, 5.74) is -0.658. The van der Waals surface area contributed by atoms with Crippen molar-refractivity contribution >= 4 is 40.7 Å². The van der Waals surface area contributed by atoms with Gasteiger partial charge in [-0.2, -0.15) is 0 Å². The van der Waals surface area contributed by atoms with Crippen LogP contribution in [-0.2, 0) is 28.1 Å². The van der Waals surface area contributed by atoms with Crippen molar-refractivity contribution < 1.29 is 28.1 Å². The smallest absolute Gasteiger partial charge is 0.240 e. The Morgan fingerprint density at radius 2 is 1.40 bits per heavy atom. The average molecular weight is 350 g/mol. The molecule has 2 unspecified atom stereocenters. The van der Waals surface area contributed by atoms with Crippen LogP contribution in [0.3, 0.4) is 0 Å². The topological polar surface area (TPSA) is 37.4 Å². The molecule has 0 N–H and O–H groups in total. The summed E-state index contributed by atoms with van der Waals surface area (Å²) in [4.78, 5) is 25.9. The first kappa shape index (κ1) is 17.6. The molecular weight excluding hydrogens is 336 g/mol. The molecule has 3 nitrogen and oxygen atoms in total. The monoisotopic (exact) mass is 349 g/mol. The van der Waals surface area contributed by atoms with Gasteiger partial charge < -0.3 is 7.43 Å². The number of anilines is 1. The largest absolute Gasteiger partial charge is 0.358 e. The van der Waals surface area contributed by atoms with Crippen molar-refractivity contribution in [3.05, 3.63) is 35.7 Å². The molecule has 20 heavy (non-hydrogen) atoms. The van der Waals surface area contributed by atoms with Crippen molar-refractivity contribution in [3.8, 4) is 0 Å². The Labute approximate surface area is 140 Å². The summed E-state index contributed by atoms with van der Waals surface area (Å²) in [6, 6.07) is 4.74. The van der Waals surface area contributed by atoms with Crippen LogP contribution in [-0.4, -0.2) is 11.8 Å². The van der Waals surface area contributed by atoms with Crippen LogP contribution < -0.4 is 4.90 Å². The molecule has 1 aromatic carbocycles. The van der Waals surface area contributed by atoms with Crippen molar-refractivity contribution in [1.29, 1.82) is 0 Å². The predicted molar refractivity (Wildman–Crippen MR) is 76.2 cm³/mol. The van der Waals surface area contributed by atoms with Crippen molar-refractivity contribution in [2.75, 3.05) is 4.90 Å². The molecule has 0 bridgehead atoms. The van der Waals surface area contributed by atoms with Gasteiger partial charge in [0, 0.05) is 28.6 Å². The summed E-state index contributed by atoms with van der Waals surface area (Å²) >= 11 is 11.8. The molecule has 1 aromatic rings. The second-order valence-electron chi connectivity index (χ2n) is 5.41. The molecule has 1 saturated heterocycles. The number of carbonyl (C=O) groups is 2. The number of fused-ring (bicyclic) bond motifs is 1. The quantitative estimate of drug-likeness (QED) is 0.572. The van der Waals surface area contributed by atoms with Gasteiger partial charge in [-0.25, -0.2) is 4.90 Å². The van der Waals surface area contributed by atoms with Crippen molar-refractivity contribution in [1.82, 2.24) is 0 Å². The zero-order valence-electron chi connectivity index (χ0n) is 11.4. The Morgan fingerprint density at radius 1 is 1.00 bits per heavy atom. The number of halogens is 2. The number of amides is 2. The second kappa shape index (κ2) is 5.06. The number of benzene rings is 1. The van der Waals surface area contributed by atoms with E-state index in [1.165, 1.54) is 4.90 Å². The minimum Gasteiger partial charge on any atom is -0.358 e. The molecule has 2 amide bonds. The van der Waals surface area contributed by atoms with Gasteiger partial charge in [-0.3, -0.25) is 9.59 Å². The van der Waals surface area contributed by atoms with Gasteiger partial charge in [-0.05, 0) is 38.5 Å². The van der Waals surface area contributed by atoms with Gasteiger partial charge in [-0.15, -0.1) is 0 Å². The van der Waals surface area contributed by atoms with Gasteiger partial charge >= 0.3 is 0 Å². The molecule has 0 spiro atoms. The average Bonchev–Trinajstić information content (AvgIpc) is 2.78. The number of imide groups is 1. The van der Waals surface area contributed by atoms with Gasteiger partial charge in [0.2, 0.25) is 11.8 Å². The maximum atomic E-state index is 12.3. The van der Waals surface area contributed by atoms with Crippen LogP contribution in [0.2, 0.25) is 10.0 Å². The van der Waals surface area contributed by atoms with Crippen LogP contribution in [0.25, 0.3) is 0 Å². The Hall–Kier alpha value is -0.476. The van der Waals surface area contributed by atoms with Gasteiger partial charge in [0.25, 0.3) is 0 Å². The van der Waals surface area contributed by atoms with Gasteiger partial charge in [0.1, 0.15) is 0 Å². The third kappa shape index (κ3) is 2.03. The molecular formula is C14H14Cl2NO2V-. The van der Waals surface area contributed by atoms with E-state index in [0.717, 1.165) is 0 Å². The van der Waals surface area contributed by atoms with Gasteiger partial charge in [0.15, 0.2) is 0 Å². The van der Waals surface area contributed by atoms with E-state index in [1.807, 2.05) is 13.8 Å². The Kier molecular flexibility index (Phi) is 4.45. The molecule has 6 heteroatoms. The number of carbonyl (C=O) groups excluding carboxylic acids is 2. The minimum absolute atomic E-state index is 0. The van der Waals surface area contributed by atoms with E-state index in [-0.39, 0.29) is 37.8 Å². The molecule has 1 saturated carbocycles. The van der Waals surface area contributed by atoms with Crippen LogP contribution in [0.4, 0.5) is 5.69 Å². The number of piperidine rings is 1. The summed E-state index contributed by atoms with van der Waals surface area (Å²) in [6.45, 7) is 3.67. The number of hydrogen-bond donors (Lipinski definition) is 0. The van der Waals surface area contributed by atoms with Crippen LogP contribution in [0.15, 0.2) is 18.2 Å². The van der Waals surface area contributed by atoms with E-state index in [0.29, 0.717) is 22.2 Å². The van der Waals surface area contributed by atoms with Crippen LogP contribution >= 0.6 is 23.2 Å². The number of nitrogens with zero attached hydrogens (tertiary/aromatic N) is 1. The van der Waals surface area contributed by atoms with Crippen molar-refractivity contribution in [3.63, 3.8) is 0 Å². The number of hydrogen-bond acceptors (Lipinski definition) is 2. The molecule has 1 aliphatic heterocycles. The fourth-order valence-electron chi connectivity index (χ4n) is 2.77. The molecule has 2 aliphatic rings. The summed E-state index contributed by atoms with van der Waals surface area (Å²) in [7, 11) is 0. The predicted octanol–water partition coefficient (Wildman–Crippen LogP) is 3.73. The van der Waals surface area contributed by atoms with Gasteiger partial charge in [0.05, 0.1) is 16.5 Å². The first-order valence-corrected chi connectivity index (χ1v) is 6.40. The molecule has 3 rings (SSSR count). The summed E-state index contributed by atoms with van der Waals surface area (Å²) < 4.78 is 0. The third-order valence-corrected chi connectivity index (χ3v) is 4.69.